The first kappa shape index (κ1) is 36.5. The molecular weight excluding hydrogens is 669 g/mol. The number of thiophene rings is 1. The summed E-state index contributed by atoms with van der Waals surface area (Å²) >= 11 is 13.5. The summed E-state index contributed by atoms with van der Waals surface area (Å²) in [5.41, 5.74) is 1.48. The fraction of sp³-hybridized carbons (Fsp3) is 0.485. The van der Waals surface area contributed by atoms with Crippen molar-refractivity contribution in [2.45, 2.75) is 69.0 Å². The Labute approximate surface area is 286 Å². The minimum Gasteiger partial charge on any atom is -0.490 e. The van der Waals surface area contributed by atoms with Gasteiger partial charge in [0.2, 0.25) is 0 Å². The molecule has 4 rings (SSSR count). The number of amides is 1. The van der Waals surface area contributed by atoms with Crippen molar-refractivity contribution in [3.63, 3.8) is 0 Å². The van der Waals surface area contributed by atoms with E-state index in [0.29, 0.717) is 42.0 Å². The molecule has 13 heteroatoms. The van der Waals surface area contributed by atoms with Crippen molar-refractivity contribution in [1.29, 1.82) is 0 Å². The molecule has 1 aromatic heterocycles. The van der Waals surface area contributed by atoms with E-state index in [1.807, 2.05) is 33.0 Å². The number of aliphatic hydroxyl groups is 1. The number of benzene rings is 2. The quantitative estimate of drug-likeness (QED) is 0.252. The molecule has 0 unspecified atom stereocenters. The average Bonchev–Trinajstić information content (AvgIpc) is 3.57. The summed E-state index contributed by atoms with van der Waals surface area (Å²) in [6.45, 7) is 7.62. The number of nitrogens with zero attached hydrogens (tertiary/aromatic N) is 2. The molecule has 0 saturated carbocycles. The van der Waals surface area contributed by atoms with Crippen LogP contribution in [0.5, 0.6) is 5.75 Å². The second-order valence-corrected chi connectivity index (χ2v) is 15.7. The lowest BCUT2D eigenvalue weighted by molar-refractivity contribution is -0.0177. The van der Waals surface area contributed by atoms with Crippen LogP contribution in [-0.2, 0) is 21.3 Å². The molecule has 2 N–H and O–H groups in total. The van der Waals surface area contributed by atoms with E-state index < -0.39 is 16.1 Å². The Kier molecular flexibility index (Phi) is 13.2. The van der Waals surface area contributed by atoms with E-state index in [1.54, 1.807) is 41.5 Å². The third-order valence-electron chi connectivity index (χ3n) is 7.99. The molecule has 0 aliphatic carbocycles. The number of aliphatic hydroxyl groups excluding tert-OH is 1. The van der Waals surface area contributed by atoms with Gasteiger partial charge >= 0.3 is 0 Å². The summed E-state index contributed by atoms with van der Waals surface area (Å²) in [6, 6.07) is 13.0. The number of hydrogen-bond donors (Lipinski definition) is 2. The van der Waals surface area contributed by atoms with E-state index in [2.05, 4.69) is 9.62 Å². The number of carbonyl (C=O) groups is 1. The topological polar surface area (TPSA) is 108 Å². The Balaban J connectivity index is 1.62. The van der Waals surface area contributed by atoms with Crippen LogP contribution < -0.4 is 9.46 Å². The number of rotatable bonds is 9. The van der Waals surface area contributed by atoms with Gasteiger partial charge in [-0.3, -0.25) is 14.4 Å². The largest absolute Gasteiger partial charge is 0.490 e. The van der Waals surface area contributed by atoms with Crippen LogP contribution in [-0.4, -0.2) is 80.8 Å². The van der Waals surface area contributed by atoms with Gasteiger partial charge in [0.25, 0.3) is 15.9 Å². The third kappa shape index (κ3) is 9.82. The second-order valence-electron chi connectivity index (χ2n) is 12.0. The predicted molar refractivity (Wildman–Crippen MR) is 185 cm³/mol. The predicted octanol–water partition coefficient (Wildman–Crippen LogP) is 6.78. The molecule has 2 heterocycles. The van der Waals surface area contributed by atoms with E-state index in [-0.39, 0.29) is 46.1 Å². The zero-order chi connectivity index (χ0) is 33.4. The van der Waals surface area contributed by atoms with E-state index >= 15 is 0 Å². The molecule has 3 aromatic rings. The number of ether oxygens (including phenoxy) is 2. The number of sulfonamides is 1. The Hall–Kier alpha value is -2.38. The number of nitrogens with one attached hydrogen (secondary N) is 1. The highest BCUT2D eigenvalue weighted by atomic mass is 35.5. The van der Waals surface area contributed by atoms with E-state index in [0.717, 1.165) is 36.2 Å². The molecular formula is C33H43Cl2N3O6S2. The second kappa shape index (κ2) is 16.6. The average molecular weight is 713 g/mol. The number of likely N-dealkylation sites (N-methyl/N-ethyl adjacent to an activating group) is 1. The first-order valence-electron chi connectivity index (χ1n) is 15.4. The number of carbonyl (C=O) groups excluding carboxylic acids is 1. The SMILES string of the molecule is C[C@@H]1CCCCO[C@H](CN(C)Cc2ccc(Cl)c(Cl)c2)[C@@H](C)CN([C@H](C)CO)C(=O)c2cc(NS(=O)(=O)c3cccs3)ccc2O1. The summed E-state index contributed by atoms with van der Waals surface area (Å²) in [6.07, 6.45) is 2.06. The van der Waals surface area contributed by atoms with Gasteiger partial charge in [0, 0.05) is 37.8 Å². The van der Waals surface area contributed by atoms with Crippen LogP contribution in [0.3, 0.4) is 0 Å². The highest BCUT2D eigenvalue weighted by molar-refractivity contribution is 7.94. The Morgan fingerprint density at radius 3 is 2.61 bits per heavy atom. The lowest BCUT2D eigenvalue weighted by Gasteiger charge is -2.36. The van der Waals surface area contributed by atoms with Crippen LogP contribution >= 0.6 is 34.5 Å². The van der Waals surface area contributed by atoms with Crippen molar-refractivity contribution in [3.8, 4) is 5.75 Å². The van der Waals surface area contributed by atoms with Crippen molar-refractivity contribution in [2.24, 2.45) is 5.92 Å². The minimum atomic E-state index is -3.84. The molecule has 1 amide bonds. The molecule has 252 valence electrons. The maximum atomic E-state index is 14.3. The highest BCUT2D eigenvalue weighted by Gasteiger charge is 2.31. The smallest absolute Gasteiger partial charge is 0.271 e. The van der Waals surface area contributed by atoms with E-state index in [1.165, 1.54) is 12.1 Å². The van der Waals surface area contributed by atoms with Crippen LogP contribution in [0.2, 0.25) is 10.0 Å². The maximum Gasteiger partial charge on any atom is 0.271 e. The lowest BCUT2D eigenvalue weighted by atomic mass is 10.0. The van der Waals surface area contributed by atoms with Gasteiger partial charge in [-0.15, -0.1) is 11.3 Å². The number of anilines is 1. The van der Waals surface area contributed by atoms with Gasteiger partial charge in [0.15, 0.2) is 0 Å². The van der Waals surface area contributed by atoms with Crippen molar-refractivity contribution in [2.75, 3.05) is 38.1 Å². The fourth-order valence-corrected chi connectivity index (χ4v) is 7.75. The summed E-state index contributed by atoms with van der Waals surface area (Å²) in [5.74, 6) is -0.112. The van der Waals surface area contributed by atoms with Crippen LogP contribution in [0, 0.1) is 5.92 Å². The Bertz CT molecular complexity index is 1560. The van der Waals surface area contributed by atoms with Crippen molar-refractivity contribution in [3.05, 3.63) is 75.1 Å². The molecule has 46 heavy (non-hydrogen) atoms. The summed E-state index contributed by atoms with van der Waals surface area (Å²) in [4.78, 5) is 18.1. The summed E-state index contributed by atoms with van der Waals surface area (Å²) in [7, 11) is -1.82. The van der Waals surface area contributed by atoms with Crippen molar-refractivity contribution < 1.29 is 27.8 Å². The van der Waals surface area contributed by atoms with Crippen LogP contribution in [0.25, 0.3) is 0 Å². The first-order valence-corrected chi connectivity index (χ1v) is 18.5. The van der Waals surface area contributed by atoms with Crippen LogP contribution in [0.1, 0.15) is 56.0 Å². The standard InChI is InChI=1S/C33H43Cl2N3O6S2/c1-22-18-38(23(2)21-39)33(40)27-17-26(36-46(41,42)32-9-7-15-45-32)11-13-30(27)44-24(3)8-5-6-14-43-31(22)20-37(4)19-25-10-12-28(34)29(35)16-25/h7,9-13,15-17,22-24,31,36,39H,5-6,8,14,18-21H2,1-4H3/t22-,23+,24+,31+/m0/s1. The van der Waals surface area contributed by atoms with Crippen LogP contribution in [0.4, 0.5) is 5.69 Å². The molecule has 0 saturated heterocycles. The molecule has 4 atom stereocenters. The number of hydrogen-bond acceptors (Lipinski definition) is 8. The zero-order valence-electron chi connectivity index (χ0n) is 26.6. The summed E-state index contributed by atoms with van der Waals surface area (Å²) in [5, 5.41) is 12.9. The molecule has 0 fully saturated rings. The number of fused-ring (bicyclic) bond motifs is 1. The fourth-order valence-electron chi connectivity index (χ4n) is 5.39. The van der Waals surface area contributed by atoms with Crippen molar-refractivity contribution in [1.82, 2.24) is 9.80 Å². The van der Waals surface area contributed by atoms with Gasteiger partial charge in [0.1, 0.15) is 9.96 Å². The van der Waals surface area contributed by atoms with Crippen molar-refractivity contribution >= 4 is 56.2 Å². The Morgan fingerprint density at radius 1 is 1.13 bits per heavy atom. The zero-order valence-corrected chi connectivity index (χ0v) is 29.8. The first-order chi connectivity index (χ1) is 21.9. The van der Waals surface area contributed by atoms with Gasteiger partial charge < -0.3 is 19.5 Å². The minimum absolute atomic E-state index is 0.110. The van der Waals surface area contributed by atoms with Gasteiger partial charge in [0.05, 0.1) is 40.5 Å². The van der Waals surface area contributed by atoms with Gasteiger partial charge in [-0.2, -0.15) is 0 Å². The van der Waals surface area contributed by atoms with Gasteiger partial charge in [-0.25, -0.2) is 8.42 Å². The number of halogens is 2. The molecule has 0 spiro atoms. The van der Waals surface area contributed by atoms with E-state index in [9.17, 15) is 18.3 Å². The van der Waals surface area contributed by atoms with E-state index in [4.69, 9.17) is 32.7 Å². The maximum absolute atomic E-state index is 14.3. The van der Waals surface area contributed by atoms with Crippen LogP contribution in [0.15, 0.2) is 58.1 Å². The Morgan fingerprint density at radius 2 is 1.91 bits per heavy atom. The molecule has 0 bridgehead atoms. The normalized spacial score (nSPS) is 20.9. The van der Waals surface area contributed by atoms with Gasteiger partial charge in [-0.05, 0) is 87.5 Å². The molecule has 1 aliphatic rings. The lowest BCUT2D eigenvalue weighted by Crippen LogP contribution is -2.47. The monoisotopic (exact) mass is 711 g/mol. The van der Waals surface area contributed by atoms with Gasteiger partial charge in [-0.1, -0.05) is 42.3 Å². The molecule has 2 aromatic carbocycles. The highest BCUT2D eigenvalue weighted by Crippen LogP contribution is 2.30. The third-order valence-corrected chi connectivity index (χ3v) is 11.5. The molecule has 0 radical (unpaired) electrons. The molecule has 9 nitrogen and oxygen atoms in total. The summed E-state index contributed by atoms with van der Waals surface area (Å²) < 4.78 is 41.4. The molecule has 1 aliphatic heterocycles.